The van der Waals surface area contributed by atoms with Crippen LogP contribution in [0.3, 0.4) is 0 Å². The van der Waals surface area contributed by atoms with Gasteiger partial charge in [-0.2, -0.15) is 0 Å². The molecule has 0 aliphatic heterocycles. The molecule has 0 aromatic carbocycles. The minimum atomic E-state index is 0.720. The summed E-state index contributed by atoms with van der Waals surface area (Å²) in [7, 11) is 4.39. The van der Waals surface area contributed by atoms with Crippen LogP contribution in [0.2, 0.25) is 0 Å². The van der Waals surface area contributed by atoms with E-state index >= 15 is 0 Å². The molecular weight excluding hydrogens is 196 g/mol. The second-order valence-corrected chi connectivity index (χ2v) is 5.88. The largest absolute Gasteiger partial charge is 0.317 e. The normalized spacial score (nSPS) is 35.6. The van der Waals surface area contributed by atoms with Crippen LogP contribution in [0.5, 0.6) is 0 Å². The molecule has 0 spiro atoms. The number of hydrogen-bond donors (Lipinski definition) is 1. The van der Waals surface area contributed by atoms with Gasteiger partial charge in [-0.15, -0.1) is 0 Å². The Morgan fingerprint density at radius 2 is 1.94 bits per heavy atom. The fourth-order valence-electron chi connectivity index (χ4n) is 3.38. The zero-order chi connectivity index (χ0) is 12.1. The van der Waals surface area contributed by atoms with E-state index in [1.54, 1.807) is 0 Å². The molecule has 1 fully saturated rings. The van der Waals surface area contributed by atoms with E-state index in [2.05, 4.69) is 45.1 Å². The van der Waals surface area contributed by atoms with Crippen molar-refractivity contribution in [2.75, 3.05) is 27.2 Å². The first-order valence-electron chi connectivity index (χ1n) is 6.94. The lowest BCUT2D eigenvalue weighted by Gasteiger charge is -2.41. The monoisotopic (exact) mass is 226 g/mol. The van der Waals surface area contributed by atoms with Crippen LogP contribution in [0.4, 0.5) is 0 Å². The quantitative estimate of drug-likeness (QED) is 0.775. The molecule has 4 atom stereocenters. The highest BCUT2D eigenvalue weighted by atomic mass is 15.1. The van der Waals surface area contributed by atoms with E-state index in [0.29, 0.717) is 0 Å². The molecule has 16 heavy (non-hydrogen) atoms. The van der Waals surface area contributed by atoms with Crippen LogP contribution in [-0.2, 0) is 0 Å². The van der Waals surface area contributed by atoms with E-state index < -0.39 is 0 Å². The Balaban J connectivity index is 2.53. The molecule has 2 nitrogen and oxygen atoms in total. The van der Waals surface area contributed by atoms with Gasteiger partial charge in [0.25, 0.3) is 0 Å². The number of nitrogens with one attached hydrogen (secondary N) is 1. The summed E-state index contributed by atoms with van der Waals surface area (Å²) < 4.78 is 0. The van der Waals surface area contributed by atoms with Crippen molar-refractivity contribution < 1.29 is 0 Å². The van der Waals surface area contributed by atoms with Gasteiger partial charge in [0.15, 0.2) is 0 Å². The molecule has 1 rings (SSSR count). The minimum Gasteiger partial charge on any atom is -0.317 e. The summed E-state index contributed by atoms with van der Waals surface area (Å²) in [4.78, 5) is 2.50. The van der Waals surface area contributed by atoms with Gasteiger partial charge >= 0.3 is 0 Å². The Hall–Kier alpha value is -0.0800. The Morgan fingerprint density at radius 3 is 2.50 bits per heavy atom. The van der Waals surface area contributed by atoms with Gasteiger partial charge in [0.05, 0.1) is 0 Å². The van der Waals surface area contributed by atoms with E-state index in [-0.39, 0.29) is 0 Å². The van der Waals surface area contributed by atoms with Gasteiger partial charge in [0.2, 0.25) is 0 Å². The van der Waals surface area contributed by atoms with E-state index in [4.69, 9.17) is 0 Å². The van der Waals surface area contributed by atoms with Crippen molar-refractivity contribution in [2.45, 2.75) is 46.1 Å². The molecule has 1 saturated carbocycles. The highest BCUT2D eigenvalue weighted by Crippen LogP contribution is 2.34. The Bertz CT molecular complexity index is 193. The van der Waals surface area contributed by atoms with Crippen molar-refractivity contribution in [2.24, 2.45) is 17.8 Å². The SMILES string of the molecule is CCCN(C)CC1C(C)CC(C)CC1NC. The van der Waals surface area contributed by atoms with Crippen molar-refractivity contribution in [1.29, 1.82) is 0 Å². The van der Waals surface area contributed by atoms with Crippen LogP contribution in [0, 0.1) is 17.8 Å². The number of nitrogens with zero attached hydrogens (tertiary/aromatic N) is 1. The second kappa shape index (κ2) is 6.61. The van der Waals surface area contributed by atoms with Crippen molar-refractivity contribution in [3.8, 4) is 0 Å². The first-order valence-corrected chi connectivity index (χ1v) is 6.94. The van der Waals surface area contributed by atoms with Crippen LogP contribution in [0.25, 0.3) is 0 Å². The van der Waals surface area contributed by atoms with Gasteiger partial charge in [-0.1, -0.05) is 20.8 Å². The number of rotatable bonds is 5. The Kier molecular flexibility index (Phi) is 5.77. The fraction of sp³-hybridized carbons (Fsp3) is 1.00. The van der Waals surface area contributed by atoms with Crippen LogP contribution < -0.4 is 5.32 Å². The van der Waals surface area contributed by atoms with Crippen LogP contribution in [0.15, 0.2) is 0 Å². The average Bonchev–Trinajstić information content (AvgIpc) is 2.22. The molecule has 2 heteroatoms. The van der Waals surface area contributed by atoms with E-state index in [1.807, 2.05) is 0 Å². The molecule has 0 aromatic heterocycles. The molecule has 4 unspecified atom stereocenters. The van der Waals surface area contributed by atoms with Gasteiger partial charge < -0.3 is 10.2 Å². The van der Waals surface area contributed by atoms with Crippen molar-refractivity contribution >= 4 is 0 Å². The molecule has 0 heterocycles. The van der Waals surface area contributed by atoms with Crippen LogP contribution >= 0.6 is 0 Å². The summed E-state index contributed by atoms with van der Waals surface area (Å²) in [6.45, 7) is 9.58. The molecule has 1 N–H and O–H groups in total. The summed E-state index contributed by atoms with van der Waals surface area (Å²) in [5, 5.41) is 3.54. The second-order valence-electron chi connectivity index (χ2n) is 5.88. The summed E-state index contributed by atoms with van der Waals surface area (Å²) >= 11 is 0. The summed E-state index contributed by atoms with van der Waals surface area (Å²) in [6, 6.07) is 0.720. The zero-order valence-corrected chi connectivity index (χ0v) is 11.8. The van der Waals surface area contributed by atoms with Gasteiger partial charge in [-0.05, 0) is 57.7 Å². The van der Waals surface area contributed by atoms with Crippen LogP contribution in [0.1, 0.15) is 40.0 Å². The molecule has 0 bridgehead atoms. The van der Waals surface area contributed by atoms with Gasteiger partial charge in [-0.3, -0.25) is 0 Å². The molecule has 1 aliphatic carbocycles. The number of hydrogen-bond acceptors (Lipinski definition) is 2. The Morgan fingerprint density at radius 1 is 1.25 bits per heavy atom. The van der Waals surface area contributed by atoms with E-state index in [9.17, 15) is 0 Å². The highest BCUT2D eigenvalue weighted by molar-refractivity contribution is 4.88. The summed E-state index contributed by atoms with van der Waals surface area (Å²) in [5.41, 5.74) is 0. The molecule has 96 valence electrons. The smallest absolute Gasteiger partial charge is 0.0110 e. The predicted molar refractivity (Wildman–Crippen MR) is 71.7 cm³/mol. The minimum absolute atomic E-state index is 0.720. The van der Waals surface area contributed by atoms with E-state index in [1.165, 1.54) is 32.4 Å². The van der Waals surface area contributed by atoms with Crippen molar-refractivity contribution in [3.05, 3.63) is 0 Å². The van der Waals surface area contributed by atoms with Gasteiger partial charge in [0, 0.05) is 12.6 Å². The predicted octanol–water partition coefficient (Wildman–Crippen LogP) is 2.60. The zero-order valence-electron chi connectivity index (χ0n) is 11.8. The highest BCUT2D eigenvalue weighted by Gasteiger charge is 2.33. The molecule has 1 aliphatic rings. The van der Waals surface area contributed by atoms with Gasteiger partial charge in [0.1, 0.15) is 0 Å². The third kappa shape index (κ3) is 3.74. The maximum Gasteiger partial charge on any atom is 0.0110 e. The third-order valence-electron chi connectivity index (χ3n) is 4.18. The van der Waals surface area contributed by atoms with Crippen molar-refractivity contribution in [3.63, 3.8) is 0 Å². The van der Waals surface area contributed by atoms with Gasteiger partial charge in [-0.25, -0.2) is 0 Å². The molecule has 0 saturated heterocycles. The third-order valence-corrected chi connectivity index (χ3v) is 4.18. The summed E-state index contributed by atoms with van der Waals surface area (Å²) in [6.07, 6.45) is 4.02. The van der Waals surface area contributed by atoms with Crippen LogP contribution in [-0.4, -0.2) is 38.1 Å². The lowest BCUT2D eigenvalue weighted by molar-refractivity contribution is 0.115. The lowest BCUT2D eigenvalue weighted by atomic mass is 9.72. The maximum atomic E-state index is 3.54. The van der Waals surface area contributed by atoms with Crippen molar-refractivity contribution in [1.82, 2.24) is 10.2 Å². The topological polar surface area (TPSA) is 15.3 Å². The standard InChI is InChI=1S/C14H30N2/c1-6-7-16(5)10-13-12(3)8-11(2)9-14(13)15-4/h11-15H,6-10H2,1-5H3. The first-order chi connectivity index (χ1) is 7.58. The molecule has 0 aromatic rings. The molecule has 0 radical (unpaired) electrons. The summed E-state index contributed by atoms with van der Waals surface area (Å²) in [5.74, 6) is 2.58. The first kappa shape index (κ1) is 14.0. The maximum absolute atomic E-state index is 3.54. The molecular formula is C14H30N2. The van der Waals surface area contributed by atoms with E-state index in [0.717, 1.165) is 23.8 Å². The average molecular weight is 226 g/mol. The lowest BCUT2D eigenvalue weighted by Crippen LogP contribution is -2.47. The Labute approximate surface area is 102 Å². The fourth-order valence-corrected chi connectivity index (χ4v) is 3.38. The molecule has 0 amide bonds.